The minimum Gasteiger partial charge on any atom is -0.314 e. The third-order valence-corrected chi connectivity index (χ3v) is 10.5. The van der Waals surface area contributed by atoms with Crippen molar-refractivity contribution < 1.29 is 14.2 Å². The summed E-state index contributed by atoms with van der Waals surface area (Å²) in [4.78, 5) is 28.3. The Balaban J connectivity index is 1.81. The second-order valence-electron chi connectivity index (χ2n) is 9.60. The first-order chi connectivity index (χ1) is 16.7. The fourth-order valence-corrected chi connectivity index (χ4v) is 9.16. The minimum absolute atomic E-state index is 0.0815. The fraction of sp³-hybridized carbons (Fsp3) is 0.333. The number of amides is 2. The zero-order chi connectivity index (χ0) is 25.3. The zero-order valence-corrected chi connectivity index (χ0v) is 22.2. The molecule has 0 saturated carbocycles. The van der Waals surface area contributed by atoms with E-state index in [4.69, 9.17) is 0 Å². The molecule has 0 radical (unpaired) electrons. The standard InChI is InChI=1S/C30H34NO3P/c1-6-23-12-8-10-14-26(23)35(34,27-15-11-9-13-24(27)7-2)19-25-18-28(32)31(30(25)33)29-21(4)16-20(3)17-22(29)5/h8-17,25H,6-7,18-19H2,1-5H3/t25-/m1/s1. The van der Waals surface area contributed by atoms with Crippen LogP contribution in [0.3, 0.4) is 0 Å². The average Bonchev–Trinajstić information content (AvgIpc) is 3.10. The predicted octanol–water partition coefficient (Wildman–Crippen LogP) is 5.63. The van der Waals surface area contributed by atoms with Gasteiger partial charge in [0, 0.05) is 23.2 Å². The monoisotopic (exact) mass is 487 g/mol. The number of hydrogen-bond acceptors (Lipinski definition) is 3. The molecule has 1 atom stereocenters. The van der Waals surface area contributed by atoms with Crippen LogP contribution < -0.4 is 15.5 Å². The molecule has 3 aromatic carbocycles. The van der Waals surface area contributed by atoms with Gasteiger partial charge in [0.05, 0.1) is 11.6 Å². The van der Waals surface area contributed by atoms with Crippen LogP contribution in [0.25, 0.3) is 0 Å². The highest BCUT2D eigenvalue weighted by atomic mass is 31.2. The molecule has 0 spiro atoms. The molecule has 0 bridgehead atoms. The van der Waals surface area contributed by atoms with Crippen molar-refractivity contribution >= 4 is 35.3 Å². The summed E-state index contributed by atoms with van der Waals surface area (Å²) in [5.74, 6) is -1.08. The van der Waals surface area contributed by atoms with Gasteiger partial charge in [-0.25, -0.2) is 4.90 Å². The molecule has 5 heteroatoms. The average molecular weight is 488 g/mol. The Hall–Kier alpha value is -2.97. The summed E-state index contributed by atoms with van der Waals surface area (Å²) < 4.78 is 15.1. The van der Waals surface area contributed by atoms with Crippen LogP contribution in [0.1, 0.15) is 48.1 Å². The molecular formula is C30H34NO3P. The molecule has 1 aliphatic rings. The van der Waals surface area contributed by atoms with E-state index in [1.54, 1.807) is 0 Å². The van der Waals surface area contributed by atoms with Gasteiger partial charge in [-0.15, -0.1) is 0 Å². The van der Waals surface area contributed by atoms with E-state index in [1.807, 2.05) is 81.4 Å². The van der Waals surface area contributed by atoms with Gasteiger partial charge in [0.25, 0.3) is 0 Å². The van der Waals surface area contributed by atoms with Gasteiger partial charge in [-0.1, -0.05) is 80.1 Å². The van der Waals surface area contributed by atoms with E-state index in [0.29, 0.717) is 5.69 Å². The molecule has 4 rings (SSSR count). The van der Waals surface area contributed by atoms with E-state index >= 15 is 4.57 Å². The van der Waals surface area contributed by atoms with Gasteiger partial charge >= 0.3 is 0 Å². The zero-order valence-electron chi connectivity index (χ0n) is 21.3. The maximum absolute atomic E-state index is 15.1. The molecule has 0 unspecified atom stereocenters. The van der Waals surface area contributed by atoms with E-state index in [-0.39, 0.29) is 24.4 Å². The van der Waals surface area contributed by atoms with Gasteiger partial charge in [0.2, 0.25) is 11.8 Å². The molecule has 2 amide bonds. The molecule has 0 aromatic heterocycles. The summed E-state index contributed by atoms with van der Waals surface area (Å²) in [6.45, 7) is 9.99. The smallest absolute Gasteiger partial charge is 0.237 e. The van der Waals surface area contributed by atoms with Gasteiger partial charge in [-0.05, 0) is 55.9 Å². The van der Waals surface area contributed by atoms with Crippen LogP contribution in [0, 0.1) is 26.7 Å². The van der Waals surface area contributed by atoms with Crippen LogP contribution in [0.4, 0.5) is 5.69 Å². The first-order valence-electron chi connectivity index (χ1n) is 12.4. The summed E-state index contributed by atoms with van der Waals surface area (Å²) in [5, 5.41) is 1.62. The van der Waals surface area contributed by atoms with Crippen molar-refractivity contribution in [2.45, 2.75) is 53.9 Å². The van der Waals surface area contributed by atoms with Crippen molar-refractivity contribution in [3.05, 3.63) is 88.5 Å². The maximum Gasteiger partial charge on any atom is 0.237 e. The number of carbonyl (C=O) groups excluding carboxylic acids is 2. The number of benzene rings is 3. The van der Waals surface area contributed by atoms with Crippen LogP contribution >= 0.6 is 7.14 Å². The Labute approximate surface area is 208 Å². The van der Waals surface area contributed by atoms with Crippen LogP contribution in [0.2, 0.25) is 0 Å². The van der Waals surface area contributed by atoms with Crippen molar-refractivity contribution in [2.75, 3.05) is 11.1 Å². The molecule has 1 saturated heterocycles. The fourth-order valence-electron chi connectivity index (χ4n) is 5.56. The summed E-state index contributed by atoms with van der Waals surface area (Å²) in [6, 6.07) is 19.7. The quantitative estimate of drug-likeness (QED) is 0.321. The number of carbonyl (C=O) groups is 2. The van der Waals surface area contributed by atoms with E-state index in [0.717, 1.165) is 51.3 Å². The molecular weight excluding hydrogens is 453 g/mol. The SMILES string of the molecule is CCc1ccccc1P(=O)(C[C@H]1CC(=O)N(c2c(C)cc(C)cc2C)C1=O)c1ccccc1CC. The lowest BCUT2D eigenvalue weighted by Gasteiger charge is -2.26. The molecule has 1 heterocycles. The van der Waals surface area contributed by atoms with Gasteiger partial charge in [0.15, 0.2) is 0 Å². The topological polar surface area (TPSA) is 54.5 Å². The van der Waals surface area contributed by atoms with Gasteiger partial charge < -0.3 is 4.57 Å². The Morgan fingerprint density at radius 1 is 0.829 bits per heavy atom. The number of anilines is 1. The van der Waals surface area contributed by atoms with E-state index in [9.17, 15) is 9.59 Å². The highest BCUT2D eigenvalue weighted by Crippen LogP contribution is 2.49. The summed E-state index contributed by atoms with van der Waals surface area (Å²) in [6.07, 6.45) is 1.74. The van der Waals surface area contributed by atoms with Gasteiger partial charge in [0.1, 0.15) is 7.14 Å². The van der Waals surface area contributed by atoms with Crippen LogP contribution in [0.5, 0.6) is 0 Å². The van der Waals surface area contributed by atoms with E-state index in [1.165, 1.54) is 4.90 Å². The Bertz CT molecular complexity index is 1270. The Kier molecular flexibility index (Phi) is 7.15. The van der Waals surface area contributed by atoms with Crippen molar-refractivity contribution in [3.8, 4) is 0 Å². The molecule has 3 aromatic rings. The van der Waals surface area contributed by atoms with Crippen LogP contribution in [-0.4, -0.2) is 18.0 Å². The van der Waals surface area contributed by atoms with Crippen molar-refractivity contribution in [3.63, 3.8) is 0 Å². The van der Waals surface area contributed by atoms with E-state index in [2.05, 4.69) is 13.8 Å². The summed E-state index contributed by atoms with van der Waals surface area (Å²) in [7, 11) is -3.19. The molecule has 0 N–H and O–H groups in total. The first kappa shape index (κ1) is 25.1. The summed E-state index contributed by atoms with van der Waals surface area (Å²) in [5.41, 5.74) is 5.63. The van der Waals surface area contributed by atoms with Crippen molar-refractivity contribution in [1.82, 2.24) is 0 Å². The molecule has 182 valence electrons. The third-order valence-electron chi connectivity index (χ3n) is 7.10. The van der Waals surface area contributed by atoms with E-state index < -0.39 is 13.1 Å². The van der Waals surface area contributed by atoms with Crippen LogP contribution in [0.15, 0.2) is 60.7 Å². The minimum atomic E-state index is -3.19. The van der Waals surface area contributed by atoms with Gasteiger partial charge in [-0.3, -0.25) is 9.59 Å². The third kappa shape index (κ3) is 4.52. The number of nitrogens with zero attached hydrogens (tertiary/aromatic N) is 1. The molecule has 4 nitrogen and oxygen atoms in total. The lowest BCUT2D eigenvalue weighted by atomic mass is 10.0. The van der Waals surface area contributed by atoms with Crippen molar-refractivity contribution in [1.29, 1.82) is 0 Å². The Morgan fingerprint density at radius 2 is 1.31 bits per heavy atom. The first-order valence-corrected chi connectivity index (χ1v) is 14.3. The number of aryl methyl sites for hydroxylation is 5. The number of rotatable bonds is 7. The van der Waals surface area contributed by atoms with Crippen LogP contribution in [-0.2, 0) is 27.0 Å². The largest absolute Gasteiger partial charge is 0.314 e. The maximum atomic E-state index is 15.1. The number of imide groups is 1. The normalized spacial score (nSPS) is 16.3. The summed E-state index contributed by atoms with van der Waals surface area (Å²) >= 11 is 0. The van der Waals surface area contributed by atoms with Gasteiger partial charge in [-0.2, -0.15) is 0 Å². The molecule has 35 heavy (non-hydrogen) atoms. The second-order valence-corrected chi connectivity index (χ2v) is 12.4. The van der Waals surface area contributed by atoms with Crippen molar-refractivity contribution in [2.24, 2.45) is 5.92 Å². The highest BCUT2D eigenvalue weighted by molar-refractivity contribution is 7.79. The predicted molar refractivity (Wildman–Crippen MR) is 145 cm³/mol. The second kappa shape index (κ2) is 9.95. The molecule has 1 fully saturated rings. The lowest BCUT2D eigenvalue weighted by Crippen LogP contribution is -2.34. The highest BCUT2D eigenvalue weighted by Gasteiger charge is 2.45. The number of hydrogen-bond donors (Lipinski definition) is 0. The molecule has 0 aliphatic carbocycles. The lowest BCUT2D eigenvalue weighted by molar-refractivity contribution is -0.122. The Morgan fingerprint density at radius 3 is 1.80 bits per heavy atom. The molecule has 1 aliphatic heterocycles.